The van der Waals surface area contributed by atoms with Gasteiger partial charge in [0.1, 0.15) is 6.33 Å². The van der Waals surface area contributed by atoms with Gasteiger partial charge in [0.05, 0.1) is 18.8 Å². The van der Waals surface area contributed by atoms with Crippen LogP contribution in [0, 0.1) is 5.41 Å². The van der Waals surface area contributed by atoms with E-state index in [1.54, 1.807) is 17.0 Å². The number of hydrogen-bond acceptors (Lipinski definition) is 4. The lowest BCUT2D eigenvalue weighted by Gasteiger charge is -2.23. The monoisotopic (exact) mass is 293 g/mol. The molecule has 0 aliphatic carbocycles. The van der Waals surface area contributed by atoms with Gasteiger partial charge in [-0.3, -0.25) is 4.90 Å². The second kappa shape index (κ2) is 5.59. The van der Waals surface area contributed by atoms with Crippen LogP contribution in [0.5, 0.6) is 0 Å². The van der Waals surface area contributed by atoms with Gasteiger partial charge in [-0.25, -0.2) is 14.6 Å². The van der Waals surface area contributed by atoms with Gasteiger partial charge in [-0.05, 0) is 11.8 Å². The Bertz CT molecular complexity index is 584. The molecule has 7 heteroatoms. The molecule has 0 atom stereocenters. The highest BCUT2D eigenvalue weighted by atomic mass is 16.6. The van der Waals surface area contributed by atoms with Crippen molar-refractivity contribution < 1.29 is 19.4 Å². The highest BCUT2D eigenvalue weighted by molar-refractivity contribution is 5.87. The number of aromatic nitrogens is 2. The van der Waals surface area contributed by atoms with Crippen LogP contribution in [0.3, 0.4) is 0 Å². The van der Waals surface area contributed by atoms with E-state index < -0.39 is 12.1 Å². The van der Waals surface area contributed by atoms with Crippen molar-refractivity contribution in [3.8, 4) is 0 Å². The van der Waals surface area contributed by atoms with Crippen molar-refractivity contribution in [2.75, 3.05) is 6.61 Å². The van der Waals surface area contributed by atoms with Gasteiger partial charge in [0.2, 0.25) is 0 Å². The summed E-state index contributed by atoms with van der Waals surface area (Å²) in [5.41, 5.74) is 0.497. The molecule has 0 radical (unpaired) electrons. The molecule has 1 aromatic heterocycles. The summed E-state index contributed by atoms with van der Waals surface area (Å²) in [5.74, 6) is -1.11. The zero-order valence-corrected chi connectivity index (χ0v) is 12.4. The van der Waals surface area contributed by atoms with E-state index in [1.165, 1.54) is 11.2 Å². The van der Waals surface area contributed by atoms with Crippen LogP contribution in [-0.4, -0.2) is 38.2 Å². The molecule has 21 heavy (non-hydrogen) atoms. The van der Waals surface area contributed by atoms with Crippen molar-refractivity contribution in [2.45, 2.75) is 33.7 Å². The Labute approximate surface area is 122 Å². The second-order valence-corrected chi connectivity index (χ2v) is 6.10. The third kappa shape index (κ3) is 3.62. The smallest absolute Gasteiger partial charge is 0.414 e. The maximum absolute atomic E-state index is 12.0. The van der Waals surface area contributed by atoms with Crippen molar-refractivity contribution in [1.82, 2.24) is 14.5 Å². The number of carbonyl (C=O) groups is 2. The highest BCUT2D eigenvalue weighted by Gasteiger charge is 2.24. The number of carboxylic acid groups (broad SMARTS) is 1. The first-order chi connectivity index (χ1) is 9.78. The summed E-state index contributed by atoms with van der Waals surface area (Å²) in [7, 11) is 0. The van der Waals surface area contributed by atoms with Crippen molar-refractivity contribution in [2.24, 2.45) is 5.41 Å². The van der Waals surface area contributed by atoms with E-state index in [4.69, 9.17) is 9.84 Å². The fourth-order valence-corrected chi connectivity index (χ4v) is 1.87. The predicted molar refractivity (Wildman–Crippen MR) is 75.5 cm³/mol. The van der Waals surface area contributed by atoms with Crippen LogP contribution >= 0.6 is 0 Å². The fourth-order valence-electron chi connectivity index (χ4n) is 1.87. The second-order valence-electron chi connectivity index (χ2n) is 6.10. The lowest BCUT2D eigenvalue weighted by molar-refractivity contribution is 0.0686. The van der Waals surface area contributed by atoms with Gasteiger partial charge in [0, 0.05) is 12.4 Å². The number of rotatable bonds is 3. The van der Waals surface area contributed by atoms with E-state index in [2.05, 4.69) is 25.8 Å². The largest absolute Gasteiger partial charge is 0.476 e. The van der Waals surface area contributed by atoms with Gasteiger partial charge in [-0.2, -0.15) is 0 Å². The number of fused-ring (bicyclic) bond motifs is 1. The van der Waals surface area contributed by atoms with Crippen molar-refractivity contribution in [3.05, 3.63) is 23.9 Å². The average Bonchev–Trinajstić information content (AvgIpc) is 2.79. The number of carbonyl (C=O) groups excluding carboxylic acids is 1. The molecule has 114 valence electrons. The van der Waals surface area contributed by atoms with E-state index >= 15 is 0 Å². The maximum Gasteiger partial charge on any atom is 0.414 e. The number of carboxylic acids is 1. The van der Waals surface area contributed by atoms with E-state index in [9.17, 15) is 9.59 Å². The zero-order valence-electron chi connectivity index (χ0n) is 12.4. The van der Waals surface area contributed by atoms with Gasteiger partial charge in [0.15, 0.2) is 5.69 Å². The van der Waals surface area contributed by atoms with E-state index in [0.717, 1.165) is 6.42 Å². The summed E-state index contributed by atoms with van der Waals surface area (Å²) < 4.78 is 6.79. The molecule has 0 bridgehead atoms. The third-order valence-corrected chi connectivity index (χ3v) is 3.14. The van der Waals surface area contributed by atoms with Crippen LogP contribution in [0.4, 0.5) is 4.79 Å². The highest BCUT2D eigenvalue weighted by Crippen LogP contribution is 2.20. The third-order valence-electron chi connectivity index (χ3n) is 3.14. The minimum atomic E-state index is -1.11. The average molecular weight is 293 g/mol. The van der Waals surface area contributed by atoms with Crippen LogP contribution in [0.25, 0.3) is 6.20 Å². The van der Waals surface area contributed by atoms with Crippen molar-refractivity contribution in [3.63, 3.8) is 0 Å². The number of imidazole rings is 1. The Morgan fingerprint density at radius 3 is 2.71 bits per heavy atom. The summed E-state index contributed by atoms with van der Waals surface area (Å²) >= 11 is 0. The molecule has 2 heterocycles. The normalized spacial score (nSPS) is 14.0. The first kappa shape index (κ1) is 15.1. The lowest BCUT2D eigenvalue weighted by atomic mass is 9.93. The van der Waals surface area contributed by atoms with E-state index in [-0.39, 0.29) is 17.7 Å². The summed E-state index contributed by atoms with van der Waals surface area (Å²) in [6, 6.07) is 0. The van der Waals surface area contributed by atoms with Crippen molar-refractivity contribution in [1.29, 1.82) is 0 Å². The standard InChI is InChI=1S/C14H19N3O4/c1-14(2,3)4-7-21-13(20)16-5-6-17-9-15-11(12(18)19)10(17)8-16/h5-6,9H,4,7-8H2,1-3H3,(H,18,19). The number of hydrogen-bond donors (Lipinski definition) is 1. The summed E-state index contributed by atoms with van der Waals surface area (Å²) in [6.45, 7) is 6.67. The van der Waals surface area contributed by atoms with Gasteiger partial charge >= 0.3 is 12.1 Å². The van der Waals surface area contributed by atoms with Crippen molar-refractivity contribution >= 4 is 18.3 Å². The van der Waals surface area contributed by atoms with Gasteiger partial charge in [-0.15, -0.1) is 0 Å². The van der Waals surface area contributed by atoms with Gasteiger partial charge in [-0.1, -0.05) is 20.8 Å². The maximum atomic E-state index is 12.0. The molecule has 7 nitrogen and oxygen atoms in total. The fraction of sp³-hybridized carbons (Fsp3) is 0.500. The Balaban J connectivity index is 1.99. The molecule has 1 aliphatic heterocycles. The Hall–Kier alpha value is -2.31. The number of ether oxygens (including phenoxy) is 1. The van der Waals surface area contributed by atoms with Crippen LogP contribution < -0.4 is 0 Å². The number of amides is 1. The zero-order chi connectivity index (χ0) is 15.6. The number of nitrogens with zero attached hydrogens (tertiary/aromatic N) is 3. The first-order valence-corrected chi connectivity index (χ1v) is 6.68. The Morgan fingerprint density at radius 2 is 2.10 bits per heavy atom. The predicted octanol–water partition coefficient (Wildman–Crippen LogP) is 2.40. The Kier molecular flexibility index (Phi) is 4.02. The van der Waals surface area contributed by atoms with E-state index in [0.29, 0.717) is 12.3 Å². The Morgan fingerprint density at radius 1 is 1.38 bits per heavy atom. The molecule has 1 N–H and O–H groups in total. The molecular weight excluding hydrogens is 274 g/mol. The van der Waals surface area contributed by atoms with Crippen LogP contribution in [-0.2, 0) is 11.3 Å². The SMILES string of the molecule is CC(C)(C)CCOC(=O)N1C=Cn2cnc(C(=O)O)c2C1. The topological polar surface area (TPSA) is 84.7 Å². The molecule has 2 rings (SSSR count). The molecule has 0 aromatic carbocycles. The molecule has 0 fully saturated rings. The first-order valence-electron chi connectivity index (χ1n) is 6.68. The van der Waals surface area contributed by atoms with Crippen LogP contribution in [0.2, 0.25) is 0 Å². The molecule has 0 saturated carbocycles. The summed E-state index contributed by atoms with van der Waals surface area (Å²) in [4.78, 5) is 28.2. The summed E-state index contributed by atoms with van der Waals surface area (Å²) in [5, 5.41) is 9.05. The molecule has 0 spiro atoms. The minimum Gasteiger partial charge on any atom is -0.476 e. The minimum absolute atomic E-state index is 0.0492. The number of aromatic carboxylic acids is 1. The quantitative estimate of drug-likeness (QED) is 0.925. The van der Waals surface area contributed by atoms with Crippen LogP contribution in [0.1, 0.15) is 43.4 Å². The molecule has 1 aliphatic rings. The molecule has 0 unspecified atom stereocenters. The summed E-state index contributed by atoms with van der Waals surface area (Å²) in [6.07, 6.45) is 4.83. The van der Waals surface area contributed by atoms with Crippen LogP contribution in [0.15, 0.2) is 12.5 Å². The van der Waals surface area contributed by atoms with Gasteiger partial charge in [0.25, 0.3) is 0 Å². The van der Waals surface area contributed by atoms with Gasteiger partial charge < -0.3 is 14.4 Å². The molecule has 1 aromatic rings. The molecular formula is C14H19N3O4. The van der Waals surface area contributed by atoms with E-state index in [1.807, 2.05) is 0 Å². The lowest BCUT2D eigenvalue weighted by Crippen LogP contribution is -2.30. The molecule has 1 amide bonds. The molecule has 0 saturated heterocycles.